The normalized spacial score (nSPS) is 21.8. The highest BCUT2D eigenvalue weighted by Gasteiger charge is 2.53. The third-order valence-corrected chi connectivity index (χ3v) is 14.3. The zero-order valence-electron chi connectivity index (χ0n) is 39.1. The predicted molar refractivity (Wildman–Crippen MR) is 261 cm³/mol. The lowest BCUT2D eigenvalue weighted by Crippen LogP contribution is -2.53. The lowest BCUT2D eigenvalue weighted by molar-refractivity contribution is -0.128. The molecular formula is C50H56N16O4. The fraction of sp³-hybridized carbons (Fsp3) is 0.380. The van der Waals surface area contributed by atoms with Crippen molar-refractivity contribution in [3.63, 3.8) is 0 Å². The Balaban J connectivity index is 0.787. The molecule has 2 atom stereocenters. The minimum Gasteiger partial charge on any atom is -0.386 e. The number of carbonyl (C=O) groups excluding carboxylic acids is 3. The molecular weight excluding hydrogens is 889 g/mol. The number of hydrogen-bond donors (Lipinski definition) is 5. The predicted octanol–water partition coefficient (Wildman–Crippen LogP) is 4.06. The first-order valence-electron chi connectivity index (χ1n) is 23.7. The summed E-state index contributed by atoms with van der Waals surface area (Å²) in [5.74, 6) is 1.30. The van der Waals surface area contributed by atoms with E-state index in [1.165, 1.54) is 17.1 Å². The Labute approximate surface area is 403 Å². The van der Waals surface area contributed by atoms with Gasteiger partial charge in [0.15, 0.2) is 12.1 Å². The first-order valence-corrected chi connectivity index (χ1v) is 23.7. The molecule has 8 N–H and O–H groups in total. The van der Waals surface area contributed by atoms with Crippen LogP contribution in [-0.4, -0.2) is 100 Å². The first-order chi connectivity index (χ1) is 33.8. The molecule has 70 heavy (non-hydrogen) atoms. The summed E-state index contributed by atoms with van der Waals surface area (Å²) in [7, 11) is 0. The number of nitrogens with one attached hydrogen (secondary N) is 2. The topological polar surface area (TPSA) is 282 Å². The second-order valence-electron chi connectivity index (χ2n) is 19.3. The zero-order chi connectivity index (χ0) is 48.6. The highest BCUT2D eigenvalue weighted by Crippen LogP contribution is 2.53. The first kappa shape index (κ1) is 45.9. The number of anilines is 1. The van der Waals surface area contributed by atoms with Crippen molar-refractivity contribution in [1.82, 2.24) is 55.2 Å². The maximum atomic E-state index is 13.6. The summed E-state index contributed by atoms with van der Waals surface area (Å²) in [6.07, 6.45) is 17.6. The average molecular weight is 945 g/mol. The van der Waals surface area contributed by atoms with Gasteiger partial charge in [-0.25, -0.2) is 9.97 Å². The summed E-state index contributed by atoms with van der Waals surface area (Å²) < 4.78 is 9.04. The SMILES string of the molecule is CC(C)CNC(=O)Cn1cc(C(=O)N=C(N)C2(c3ccc(-c4cnc(N)nc4)cc3)CC(C3CC(=O)N(CCn4cc(-c5nc(C6(c7ccc(C8=CNC(N)N=C8)cc7)CCC6)no5)cn4)C3)C2)cn1. The minimum atomic E-state index is -0.752. The zero-order valence-corrected chi connectivity index (χ0v) is 39.1. The monoisotopic (exact) mass is 944 g/mol. The van der Waals surface area contributed by atoms with Crippen LogP contribution in [0.4, 0.5) is 5.95 Å². The van der Waals surface area contributed by atoms with E-state index in [-0.39, 0.29) is 53.0 Å². The molecule has 6 aromatic rings. The van der Waals surface area contributed by atoms with Gasteiger partial charge in [-0.15, -0.1) is 0 Å². The lowest BCUT2D eigenvalue weighted by atomic mass is 9.54. The fourth-order valence-corrected chi connectivity index (χ4v) is 10.0. The van der Waals surface area contributed by atoms with E-state index in [9.17, 15) is 14.4 Å². The molecule has 360 valence electrons. The van der Waals surface area contributed by atoms with Gasteiger partial charge in [0.1, 0.15) is 12.4 Å². The number of carbonyl (C=O) groups is 3. The number of rotatable bonds is 16. The molecule has 3 fully saturated rings. The van der Waals surface area contributed by atoms with Crippen LogP contribution >= 0.6 is 0 Å². The molecule has 20 nitrogen and oxygen atoms in total. The van der Waals surface area contributed by atoms with Crippen molar-refractivity contribution < 1.29 is 18.9 Å². The summed E-state index contributed by atoms with van der Waals surface area (Å²) in [4.78, 5) is 63.3. The largest absolute Gasteiger partial charge is 0.386 e. The molecule has 0 spiro atoms. The molecule has 1 saturated heterocycles. The van der Waals surface area contributed by atoms with Crippen LogP contribution in [0.2, 0.25) is 0 Å². The molecule has 20 heteroatoms. The van der Waals surface area contributed by atoms with Crippen molar-refractivity contribution in [2.24, 2.45) is 39.2 Å². The van der Waals surface area contributed by atoms with Crippen molar-refractivity contribution in [1.29, 1.82) is 0 Å². The van der Waals surface area contributed by atoms with Crippen LogP contribution in [0.1, 0.15) is 85.2 Å². The summed E-state index contributed by atoms with van der Waals surface area (Å²) in [5, 5.41) is 19.2. The van der Waals surface area contributed by atoms with Gasteiger partial charge in [-0.3, -0.25) is 34.5 Å². The second kappa shape index (κ2) is 18.9. The van der Waals surface area contributed by atoms with E-state index >= 15 is 0 Å². The maximum Gasteiger partial charge on any atom is 0.281 e. The van der Waals surface area contributed by atoms with Crippen LogP contribution in [0, 0.1) is 17.8 Å². The van der Waals surface area contributed by atoms with Gasteiger partial charge in [-0.1, -0.05) is 74.0 Å². The van der Waals surface area contributed by atoms with E-state index < -0.39 is 17.6 Å². The maximum absolute atomic E-state index is 13.6. The summed E-state index contributed by atoms with van der Waals surface area (Å²) >= 11 is 0. The Morgan fingerprint density at radius 1 is 0.900 bits per heavy atom. The van der Waals surface area contributed by atoms with Gasteiger partial charge in [0.25, 0.3) is 11.8 Å². The molecule has 2 unspecified atom stereocenters. The Bertz CT molecular complexity index is 2980. The van der Waals surface area contributed by atoms with E-state index in [2.05, 4.69) is 70.2 Å². The fourth-order valence-electron chi connectivity index (χ4n) is 10.0. The molecule has 4 aromatic heterocycles. The smallest absolute Gasteiger partial charge is 0.281 e. The number of aromatic nitrogens is 8. The average Bonchev–Trinajstić information content (AvgIpc) is 4.17. The Hall–Kier alpha value is -7.87. The van der Waals surface area contributed by atoms with Crippen LogP contribution in [-0.2, 0) is 33.5 Å². The molecule has 6 heterocycles. The van der Waals surface area contributed by atoms with Gasteiger partial charge < -0.3 is 31.5 Å². The van der Waals surface area contributed by atoms with Gasteiger partial charge in [-0.05, 0) is 65.7 Å². The lowest BCUT2D eigenvalue weighted by Gasteiger charge is -2.50. The highest BCUT2D eigenvalue weighted by molar-refractivity contribution is 6.10. The van der Waals surface area contributed by atoms with Crippen molar-refractivity contribution in [2.45, 2.75) is 82.6 Å². The Morgan fingerprint density at radius 3 is 2.33 bits per heavy atom. The number of nitrogen functional groups attached to an aromatic ring is 1. The van der Waals surface area contributed by atoms with E-state index in [4.69, 9.17) is 26.7 Å². The van der Waals surface area contributed by atoms with Crippen molar-refractivity contribution in [2.75, 3.05) is 25.4 Å². The summed E-state index contributed by atoms with van der Waals surface area (Å²) in [5.41, 5.74) is 24.0. The quantitative estimate of drug-likeness (QED) is 0.0676. The minimum absolute atomic E-state index is 0.0269. The van der Waals surface area contributed by atoms with Gasteiger partial charge in [-0.2, -0.15) is 20.2 Å². The highest BCUT2D eigenvalue weighted by atomic mass is 16.5. The molecule has 2 aliphatic heterocycles. The van der Waals surface area contributed by atoms with Gasteiger partial charge in [0.05, 0.1) is 40.9 Å². The number of benzene rings is 2. The van der Waals surface area contributed by atoms with Gasteiger partial charge in [0, 0.05) is 74.4 Å². The van der Waals surface area contributed by atoms with Crippen molar-refractivity contribution in [3.05, 3.63) is 120 Å². The van der Waals surface area contributed by atoms with Crippen LogP contribution in [0.25, 0.3) is 28.2 Å². The molecule has 0 radical (unpaired) electrons. The molecule has 2 aromatic carbocycles. The van der Waals surface area contributed by atoms with Crippen LogP contribution in [0.15, 0.2) is 106 Å². The molecule has 2 aliphatic carbocycles. The number of allylic oxidation sites excluding steroid dienone is 1. The number of amidine groups is 1. The number of likely N-dealkylation sites (tertiary alicyclic amines) is 1. The van der Waals surface area contributed by atoms with E-state index in [1.54, 1.807) is 29.5 Å². The molecule has 4 aliphatic rings. The summed E-state index contributed by atoms with van der Waals surface area (Å²) in [6, 6.07) is 16.3. The van der Waals surface area contributed by atoms with Gasteiger partial charge >= 0.3 is 0 Å². The number of hydrogen-bond acceptors (Lipinski definition) is 14. The molecule has 2 saturated carbocycles. The second-order valence-corrected chi connectivity index (χ2v) is 19.3. The Kier molecular flexibility index (Phi) is 12.4. The van der Waals surface area contributed by atoms with Gasteiger partial charge in [0.2, 0.25) is 17.8 Å². The van der Waals surface area contributed by atoms with E-state index in [1.807, 2.05) is 55.4 Å². The molecule has 3 amide bonds. The third kappa shape index (κ3) is 9.20. The number of nitrogens with zero attached hydrogens (tertiary/aromatic N) is 11. The van der Waals surface area contributed by atoms with Crippen LogP contribution in [0.3, 0.4) is 0 Å². The van der Waals surface area contributed by atoms with Crippen molar-refractivity contribution in [3.8, 4) is 22.6 Å². The third-order valence-electron chi connectivity index (χ3n) is 14.3. The van der Waals surface area contributed by atoms with Crippen LogP contribution < -0.4 is 27.8 Å². The Morgan fingerprint density at radius 2 is 1.63 bits per heavy atom. The molecule has 10 rings (SSSR count). The molecule has 0 bridgehead atoms. The number of amides is 3. The van der Waals surface area contributed by atoms with E-state index in [0.717, 1.165) is 52.7 Å². The number of aliphatic imine (C=N–C) groups is 2. The number of nitrogens with two attached hydrogens (primary N) is 3. The van der Waals surface area contributed by atoms with Crippen LogP contribution in [0.5, 0.6) is 0 Å². The van der Waals surface area contributed by atoms with E-state index in [0.29, 0.717) is 68.6 Å². The van der Waals surface area contributed by atoms with Crippen molar-refractivity contribution >= 4 is 41.3 Å². The summed E-state index contributed by atoms with van der Waals surface area (Å²) in [6.45, 7) is 6.10. The standard InChI is InChI=1S/C50H56N16O4/c1-30(2)19-54-41(67)29-66-27-37(24-60-66)43(69)61-45(51)50(40-10-6-32(7-11-40)36-22-57-48(53)58-23-36)17-34(18-50)33-16-42(68)64(26-33)14-15-65-28-38(25-59-65)44-62-46(63-70-44)49(12-3-13-49)39-8-4-31(5-9-39)35-20-55-47(52)56-21-35/h4-11,20-25,27-28,30,33-34,47,55H,3,12-19,26,29,52H2,1-2H3,(H,54,67)(H2,51,61,69)(H2,53,57,58).